The van der Waals surface area contributed by atoms with Gasteiger partial charge < -0.3 is 10.1 Å². The van der Waals surface area contributed by atoms with Gasteiger partial charge in [0.1, 0.15) is 13.4 Å². The van der Waals surface area contributed by atoms with Crippen molar-refractivity contribution in [1.82, 2.24) is 5.32 Å². The predicted octanol–water partition coefficient (Wildman–Crippen LogP) is 0.970. The third-order valence-electron chi connectivity index (χ3n) is 2.08. The quantitative estimate of drug-likeness (QED) is 0.752. The molecule has 0 radical (unpaired) electrons. The van der Waals surface area contributed by atoms with Crippen LogP contribution in [0.5, 0.6) is 0 Å². The Hall–Kier alpha value is -1.45. The van der Waals surface area contributed by atoms with Crippen LogP contribution in [0.3, 0.4) is 0 Å². The minimum atomic E-state index is -0.449. The molecule has 0 spiro atoms. The average Bonchev–Trinajstić information content (AvgIpc) is 2.14. The van der Waals surface area contributed by atoms with E-state index >= 15 is 0 Å². The first-order valence-corrected chi connectivity index (χ1v) is 5.40. The zero-order valence-electron chi connectivity index (χ0n) is 10.3. The number of carbonyl (C=O) groups excluding carboxylic acids is 1. The van der Waals surface area contributed by atoms with Crippen LogP contribution < -0.4 is 10.8 Å². The van der Waals surface area contributed by atoms with Crippen molar-refractivity contribution in [1.29, 1.82) is 0 Å². The zero-order valence-corrected chi connectivity index (χ0v) is 10.3. The van der Waals surface area contributed by atoms with E-state index < -0.39 is 5.60 Å². The largest absolute Gasteiger partial charge is 0.444 e. The van der Waals surface area contributed by atoms with Crippen molar-refractivity contribution >= 4 is 19.4 Å². The summed E-state index contributed by atoms with van der Waals surface area (Å²) in [6, 6.07) is 7.95. The van der Waals surface area contributed by atoms with Crippen molar-refractivity contribution in [2.45, 2.75) is 32.9 Å². The topological polar surface area (TPSA) is 38.3 Å². The third kappa shape index (κ3) is 4.38. The Bertz CT molecular complexity index is 372. The molecule has 0 saturated heterocycles. The van der Waals surface area contributed by atoms with E-state index in [2.05, 4.69) is 5.32 Å². The molecule has 86 valence electrons. The Morgan fingerprint density at radius 2 is 2.00 bits per heavy atom. The molecule has 0 aliphatic heterocycles. The molecule has 16 heavy (non-hydrogen) atoms. The molecule has 1 aromatic rings. The fourth-order valence-electron chi connectivity index (χ4n) is 1.29. The van der Waals surface area contributed by atoms with E-state index in [1.165, 1.54) is 5.46 Å². The highest BCUT2D eigenvalue weighted by atomic mass is 16.6. The molecule has 0 aliphatic carbocycles. The highest BCUT2D eigenvalue weighted by Gasteiger charge is 2.15. The van der Waals surface area contributed by atoms with Gasteiger partial charge in [0, 0.05) is 6.54 Å². The maximum atomic E-state index is 11.4. The molecule has 0 fully saturated rings. The lowest BCUT2D eigenvalue weighted by Gasteiger charge is -2.19. The first-order chi connectivity index (χ1) is 7.38. The number of hydrogen-bond acceptors (Lipinski definition) is 2. The zero-order chi connectivity index (χ0) is 12.2. The van der Waals surface area contributed by atoms with Crippen molar-refractivity contribution in [3.8, 4) is 0 Å². The van der Waals surface area contributed by atoms with Gasteiger partial charge in [0.15, 0.2) is 0 Å². The molecule has 1 amide bonds. The van der Waals surface area contributed by atoms with Gasteiger partial charge in [0.05, 0.1) is 0 Å². The molecule has 0 aromatic heterocycles. The van der Waals surface area contributed by atoms with Gasteiger partial charge in [-0.2, -0.15) is 0 Å². The Labute approximate surface area is 97.6 Å². The summed E-state index contributed by atoms with van der Waals surface area (Å²) in [7, 11) is 2.02. The summed E-state index contributed by atoms with van der Waals surface area (Å²) in [6.07, 6.45) is -0.379. The molecule has 0 unspecified atom stereocenters. The van der Waals surface area contributed by atoms with Crippen LogP contribution in [0.1, 0.15) is 26.3 Å². The predicted molar refractivity (Wildman–Crippen MR) is 67.7 cm³/mol. The number of ether oxygens (including phenoxy) is 1. The number of hydrogen-bond donors (Lipinski definition) is 1. The van der Waals surface area contributed by atoms with E-state index in [0.717, 1.165) is 5.56 Å². The molecular formula is C12H18BNO2. The summed E-state index contributed by atoms with van der Waals surface area (Å²) in [4.78, 5) is 11.4. The molecular weight excluding hydrogens is 201 g/mol. The molecule has 4 heteroatoms. The number of alkyl carbamates (subject to hydrolysis) is 1. The van der Waals surface area contributed by atoms with E-state index in [0.29, 0.717) is 6.54 Å². The molecule has 0 atom stereocenters. The van der Waals surface area contributed by atoms with Crippen LogP contribution in [0.15, 0.2) is 24.3 Å². The Morgan fingerprint density at radius 1 is 1.38 bits per heavy atom. The maximum absolute atomic E-state index is 11.4. The lowest BCUT2D eigenvalue weighted by molar-refractivity contribution is 0.0524. The van der Waals surface area contributed by atoms with Crippen LogP contribution in [-0.2, 0) is 11.3 Å². The van der Waals surface area contributed by atoms with E-state index in [4.69, 9.17) is 4.74 Å². The summed E-state index contributed by atoms with van der Waals surface area (Å²) < 4.78 is 5.15. The maximum Gasteiger partial charge on any atom is 0.407 e. The standard InChI is InChI=1S/C12H18BNO2/c1-12(2,3)16-11(15)14-8-9-6-4-5-7-10(9)13/h4-7H,8,13H2,1-3H3,(H,14,15). The first-order valence-electron chi connectivity index (χ1n) is 5.40. The molecule has 1 aromatic carbocycles. The van der Waals surface area contributed by atoms with E-state index in [9.17, 15) is 4.79 Å². The number of nitrogens with one attached hydrogen (secondary N) is 1. The van der Waals surface area contributed by atoms with Crippen LogP contribution >= 0.6 is 0 Å². The van der Waals surface area contributed by atoms with Crippen molar-refractivity contribution in [3.63, 3.8) is 0 Å². The van der Waals surface area contributed by atoms with Crippen LogP contribution in [0, 0.1) is 0 Å². The second-order valence-corrected chi connectivity index (χ2v) is 4.78. The van der Waals surface area contributed by atoms with Crippen LogP contribution in [0.25, 0.3) is 0 Å². The van der Waals surface area contributed by atoms with Crippen LogP contribution in [0.2, 0.25) is 0 Å². The van der Waals surface area contributed by atoms with Gasteiger partial charge in [-0.25, -0.2) is 4.79 Å². The molecule has 3 nitrogen and oxygen atoms in total. The van der Waals surface area contributed by atoms with Gasteiger partial charge in [-0.1, -0.05) is 29.7 Å². The van der Waals surface area contributed by atoms with Gasteiger partial charge in [-0.05, 0) is 26.3 Å². The average molecular weight is 219 g/mol. The van der Waals surface area contributed by atoms with Gasteiger partial charge in [0.25, 0.3) is 0 Å². The van der Waals surface area contributed by atoms with Crippen molar-refractivity contribution in [3.05, 3.63) is 29.8 Å². The Balaban J connectivity index is 2.47. The fourth-order valence-corrected chi connectivity index (χ4v) is 1.29. The second-order valence-electron chi connectivity index (χ2n) is 4.78. The summed E-state index contributed by atoms with van der Waals surface area (Å²) in [5.74, 6) is 0. The first kappa shape index (κ1) is 12.6. The molecule has 0 aliphatic rings. The smallest absolute Gasteiger partial charge is 0.407 e. The minimum absolute atomic E-state index is 0.379. The monoisotopic (exact) mass is 219 g/mol. The molecule has 1 rings (SSSR count). The molecule has 1 N–H and O–H groups in total. The lowest BCUT2D eigenvalue weighted by Crippen LogP contribution is -2.33. The minimum Gasteiger partial charge on any atom is -0.444 e. The highest BCUT2D eigenvalue weighted by molar-refractivity contribution is 6.33. The molecule has 0 heterocycles. The normalized spacial score (nSPS) is 10.9. The third-order valence-corrected chi connectivity index (χ3v) is 2.08. The Kier molecular flexibility index (Phi) is 3.99. The summed E-state index contributed by atoms with van der Waals surface area (Å²) in [5, 5.41) is 2.74. The Morgan fingerprint density at radius 3 is 2.56 bits per heavy atom. The second kappa shape index (κ2) is 5.06. The van der Waals surface area contributed by atoms with E-state index in [-0.39, 0.29) is 6.09 Å². The van der Waals surface area contributed by atoms with Crippen molar-refractivity contribution in [2.24, 2.45) is 0 Å². The fraction of sp³-hybridized carbons (Fsp3) is 0.417. The van der Waals surface area contributed by atoms with Gasteiger partial charge in [0.2, 0.25) is 0 Å². The van der Waals surface area contributed by atoms with Crippen molar-refractivity contribution in [2.75, 3.05) is 0 Å². The van der Waals surface area contributed by atoms with E-state index in [1.54, 1.807) is 0 Å². The van der Waals surface area contributed by atoms with Gasteiger partial charge >= 0.3 is 6.09 Å². The SMILES string of the molecule is Bc1ccccc1CNC(=O)OC(C)(C)C. The van der Waals surface area contributed by atoms with Gasteiger partial charge in [-0.15, -0.1) is 0 Å². The molecule has 0 bridgehead atoms. The summed E-state index contributed by atoms with van der Waals surface area (Å²) in [6.45, 7) is 6.04. The highest BCUT2D eigenvalue weighted by Crippen LogP contribution is 2.06. The summed E-state index contributed by atoms with van der Waals surface area (Å²) in [5.41, 5.74) is 1.82. The summed E-state index contributed by atoms with van der Waals surface area (Å²) >= 11 is 0. The number of benzene rings is 1. The van der Waals surface area contributed by atoms with Crippen LogP contribution in [0.4, 0.5) is 4.79 Å². The van der Waals surface area contributed by atoms with E-state index in [1.807, 2.05) is 52.9 Å². The number of carbonyl (C=O) groups is 1. The number of rotatable bonds is 2. The van der Waals surface area contributed by atoms with Gasteiger partial charge in [-0.3, -0.25) is 0 Å². The molecule has 0 saturated carbocycles. The lowest BCUT2D eigenvalue weighted by atomic mass is 9.91. The number of amides is 1. The van der Waals surface area contributed by atoms with Crippen molar-refractivity contribution < 1.29 is 9.53 Å². The van der Waals surface area contributed by atoms with Crippen LogP contribution in [-0.4, -0.2) is 19.5 Å².